The van der Waals surface area contributed by atoms with E-state index in [4.69, 9.17) is 16.3 Å². The number of nitrogens with zero attached hydrogens (tertiary/aromatic N) is 4. The van der Waals surface area contributed by atoms with Gasteiger partial charge in [0.15, 0.2) is 10.8 Å². The van der Waals surface area contributed by atoms with Gasteiger partial charge in [-0.15, -0.1) is 0 Å². The molecule has 1 N–H and O–H groups in total. The fourth-order valence-corrected chi connectivity index (χ4v) is 4.85. The number of rotatable bonds is 7. The molecule has 0 aliphatic rings. The maximum Gasteiger partial charge on any atom is 0.326 e. The number of carbonyl (C=O) groups excluding carboxylic acids is 1. The van der Waals surface area contributed by atoms with Crippen LogP contribution in [0.2, 0.25) is 5.15 Å². The minimum Gasteiger partial charge on any atom is -0.465 e. The number of carbonyl (C=O) groups is 1. The smallest absolute Gasteiger partial charge is 0.326 e. The second-order valence-electron chi connectivity index (χ2n) is 6.64. The molecule has 0 saturated carbocycles. The lowest BCUT2D eigenvalue weighted by atomic mass is 10.1. The Hall–Kier alpha value is -3.08. The Kier molecular flexibility index (Phi) is 5.86. The van der Waals surface area contributed by atoms with E-state index in [1.165, 1.54) is 23.3 Å². The van der Waals surface area contributed by atoms with Gasteiger partial charge in [-0.1, -0.05) is 48.0 Å². The molecule has 0 aliphatic heterocycles. The van der Waals surface area contributed by atoms with Gasteiger partial charge in [-0.05, 0) is 18.4 Å². The zero-order valence-electron chi connectivity index (χ0n) is 16.4. The van der Waals surface area contributed by atoms with E-state index in [0.717, 1.165) is 5.39 Å². The lowest BCUT2D eigenvalue weighted by Crippen LogP contribution is -2.44. The van der Waals surface area contributed by atoms with Crippen LogP contribution in [0.15, 0.2) is 60.0 Å². The van der Waals surface area contributed by atoms with Crippen molar-refractivity contribution < 1.29 is 17.9 Å². The van der Waals surface area contributed by atoms with Crippen molar-refractivity contribution in [3.05, 3.63) is 60.3 Å². The van der Waals surface area contributed by atoms with E-state index in [1.807, 2.05) is 18.2 Å². The molecule has 0 amide bonds. The predicted molar refractivity (Wildman–Crippen MR) is 115 cm³/mol. The first-order valence-electron chi connectivity index (χ1n) is 9.39. The van der Waals surface area contributed by atoms with Crippen LogP contribution in [0.3, 0.4) is 0 Å². The summed E-state index contributed by atoms with van der Waals surface area (Å²) in [5, 5.41) is 1.48. The number of halogens is 1. The maximum atomic E-state index is 13.2. The lowest BCUT2D eigenvalue weighted by Gasteiger charge is -2.19. The number of esters is 1. The van der Waals surface area contributed by atoms with Crippen molar-refractivity contribution in [2.45, 2.75) is 24.4 Å². The van der Waals surface area contributed by atoms with E-state index >= 15 is 0 Å². The molecule has 0 saturated heterocycles. The number of nitrogens with one attached hydrogen (secondary N) is 1. The van der Waals surface area contributed by atoms with Crippen molar-refractivity contribution in [3.8, 4) is 0 Å². The maximum absolute atomic E-state index is 13.2. The molecule has 11 heteroatoms. The molecule has 0 bridgehead atoms. The SMILES string of the molecule is CCOC(=O)[C@H](Cn1cnc2c(Cl)ncnc21)NS(=O)(=O)c1cccc2ccccc12. The summed E-state index contributed by atoms with van der Waals surface area (Å²) in [5.41, 5.74) is 0.724. The van der Waals surface area contributed by atoms with Crippen LogP contribution in [0.1, 0.15) is 6.92 Å². The molecule has 0 aliphatic carbocycles. The Morgan fingerprint density at radius 2 is 1.94 bits per heavy atom. The normalized spacial score (nSPS) is 12.8. The van der Waals surface area contributed by atoms with Gasteiger partial charge in [0.1, 0.15) is 17.9 Å². The van der Waals surface area contributed by atoms with Crippen molar-refractivity contribution in [2.24, 2.45) is 0 Å². The van der Waals surface area contributed by atoms with Crippen LogP contribution < -0.4 is 4.72 Å². The zero-order valence-corrected chi connectivity index (χ0v) is 18.0. The molecule has 4 aromatic rings. The van der Waals surface area contributed by atoms with Gasteiger partial charge in [0.05, 0.1) is 24.4 Å². The van der Waals surface area contributed by atoms with E-state index in [0.29, 0.717) is 16.6 Å². The van der Waals surface area contributed by atoms with Crippen molar-refractivity contribution in [3.63, 3.8) is 0 Å². The van der Waals surface area contributed by atoms with E-state index in [-0.39, 0.29) is 23.2 Å². The van der Waals surface area contributed by atoms with Crippen LogP contribution in [-0.2, 0) is 26.1 Å². The average Bonchev–Trinajstić information content (AvgIpc) is 3.17. The number of hydrogen-bond acceptors (Lipinski definition) is 7. The van der Waals surface area contributed by atoms with Crippen LogP contribution in [0, 0.1) is 0 Å². The third kappa shape index (κ3) is 4.22. The predicted octanol–water partition coefficient (Wildman–Crippen LogP) is 2.54. The molecule has 1 atom stereocenters. The molecule has 9 nitrogen and oxygen atoms in total. The molecule has 0 fully saturated rings. The zero-order chi connectivity index (χ0) is 22.0. The Morgan fingerprint density at radius 3 is 2.74 bits per heavy atom. The third-order valence-electron chi connectivity index (χ3n) is 4.64. The minimum absolute atomic E-state index is 0.0701. The summed E-state index contributed by atoms with van der Waals surface area (Å²) in [6.45, 7) is 1.66. The highest BCUT2D eigenvalue weighted by molar-refractivity contribution is 7.89. The Balaban J connectivity index is 1.71. The summed E-state index contributed by atoms with van der Waals surface area (Å²) < 4.78 is 35.5. The molecule has 31 heavy (non-hydrogen) atoms. The number of fused-ring (bicyclic) bond motifs is 2. The molecule has 0 radical (unpaired) electrons. The highest BCUT2D eigenvalue weighted by Gasteiger charge is 2.29. The van der Waals surface area contributed by atoms with Crippen LogP contribution >= 0.6 is 11.6 Å². The molecular weight excluding hydrogens is 442 g/mol. The number of sulfonamides is 1. The van der Waals surface area contributed by atoms with Crippen molar-refractivity contribution >= 4 is 49.5 Å². The van der Waals surface area contributed by atoms with Crippen molar-refractivity contribution in [1.82, 2.24) is 24.2 Å². The van der Waals surface area contributed by atoms with Gasteiger partial charge in [-0.3, -0.25) is 4.79 Å². The summed E-state index contributed by atoms with van der Waals surface area (Å²) in [6.07, 6.45) is 2.69. The highest BCUT2D eigenvalue weighted by Crippen LogP contribution is 2.23. The molecular formula is C20H18ClN5O4S. The van der Waals surface area contributed by atoms with E-state index in [2.05, 4.69) is 19.7 Å². The number of hydrogen-bond donors (Lipinski definition) is 1. The number of benzene rings is 2. The Bertz CT molecular complexity index is 1370. The van der Waals surface area contributed by atoms with Gasteiger partial charge in [-0.2, -0.15) is 4.72 Å². The molecule has 0 spiro atoms. The minimum atomic E-state index is -4.06. The first-order chi connectivity index (χ1) is 14.9. The topological polar surface area (TPSA) is 116 Å². The van der Waals surface area contributed by atoms with E-state index < -0.39 is 22.0 Å². The van der Waals surface area contributed by atoms with E-state index in [1.54, 1.807) is 25.1 Å². The first kappa shape index (κ1) is 21.2. The fraction of sp³-hybridized carbons (Fsp3) is 0.200. The second-order valence-corrected chi connectivity index (χ2v) is 8.68. The molecule has 2 aromatic carbocycles. The van der Waals surface area contributed by atoms with Gasteiger partial charge in [0.25, 0.3) is 0 Å². The van der Waals surface area contributed by atoms with Gasteiger partial charge in [0, 0.05) is 5.39 Å². The van der Waals surface area contributed by atoms with Crippen LogP contribution in [0.25, 0.3) is 21.9 Å². The number of imidazole rings is 1. The van der Waals surface area contributed by atoms with Crippen LogP contribution in [-0.4, -0.2) is 46.6 Å². The highest BCUT2D eigenvalue weighted by atomic mass is 35.5. The third-order valence-corrected chi connectivity index (χ3v) is 6.45. The Morgan fingerprint density at radius 1 is 1.16 bits per heavy atom. The standard InChI is InChI=1S/C20H18ClN5O4S/c1-2-30-20(27)15(10-26-12-24-17-18(21)22-11-23-19(17)26)25-31(28,29)16-9-5-7-13-6-3-4-8-14(13)16/h3-9,11-12,15,25H,2,10H2,1H3/t15-/m0/s1. The number of aromatic nitrogens is 4. The molecule has 4 rings (SSSR count). The molecule has 160 valence electrons. The summed E-state index contributed by atoms with van der Waals surface area (Å²) in [5.74, 6) is -0.715. The number of ether oxygens (including phenoxy) is 1. The van der Waals surface area contributed by atoms with Crippen LogP contribution in [0.4, 0.5) is 0 Å². The Labute approximate surface area is 183 Å². The van der Waals surface area contributed by atoms with E-state index in [9.17, 15) is 13.2 Å². The molecule has 2 aromatic heterocycles. The van der Waals surface area contributed by atoms with Gasteiger partial charge >= 0.3 is 5.97 Å². The van der Waals surface area contributed by atoms with Crippen molar-refractivity contribution in [1.29, 1.82) is 0 Å². The summed E-state index contributed by atoms with van der Waals surface area (Å²) >= 11 is 6.03. The van der Waals surface area contributed by atoms with Gasteiger partial charge < -0.3 is 9.30 Å². The lowest BCUT2D eigenvalue weighted by molar-refractivity contribution is -0.145. The van der Waals surface area contributed by atoms with Crippen LogP contribution in [0.5, 0.6) is 0 Å². The summed E-state index contributed by atoms with van der Waals surface area (Å²) in [6, 6.07) is 10.9. The first-order valence-corrected chi connectivity index (χ1v) is 11.2. The summed E-state index contributed by atoms with van der Waals surface area (Å²) in [7, 11) is -4.06. The fourth-order valence-electron chi connectivity index (χ4n) is 3.27. The largest absolute Gasteiger partial charge is 0.465 e. The van der Waals surface area contributed by atoms with Gasteiger partial charge in [-0.25, -0.2) is 23.4 Å². The van der Waals surface area contributed by atoms with Gasteiger partial charge in [0.2, 0.25) is 10.0 Å². The molecule has 0 unspecified atom stereocenters. The summed E-state index contributed by atoms with van der Waals surface area (Å²) in [4.78, 5) is 24.8. The van der Waals surface area contributed by atoms with Crippen molar-refractivity contribution in [2.75, 3.05) is 6.61 Å². The second kappa shape index (κ2) is 8.58. The molecule has 2 heterocycles. The average molecular weight is 460 g/mol. The quantitative estimate of drug-likeness (QED) is 0.333. The monoisotopic (exact) mass is 459 g/mol.